The highest BCUT2D eigenvalue weighted by molar-refractivity contribution is 5.96. The molecule has 3 nitrogen and oxygen atoms in total. The van der Waals surface area contributed by atoms with Crippen molar-refractivity contribution in [2.24, 2.45) is 0 Å². The Hall–Kier alpha value is -2.13. The first-order chi connectivity index (χ1) is 12.0. The summed E-state index contributed by atoms with van der Waals surface area (Å²) in [6.07, 6.45) is 3.36. The molecule has 0 bridgehead atoms. The molecule has 0 radical (unpaired) electrons. The van der Waals surface area contributed by atoms with Crippen molar-refractivity contribution in [2.75, 3.05) is 18.0 Å². The Labute approximate surface area is 150 Å². The Morgan fingerprint density at radius 2 is 1.68 bits per heavy atom. The second kappa shape index (κ2) is 5.99. The van der Waals surface area contributed by atoms with Crippen LogP contribution >= 0.6 is 0 Å². The first-order valence-corrected chi connectivity index (χ1v) is 9.27. The number of nitrogens with zero attached hydrogens (tertiary/aromatic N) is 2. The SMILES string of the molecule is Cc1ccc(C2(O)CN(c3cc(C)ccc3C)C3=[N+]2CCCC3)cc1. The lowest BCUT2D eigenvalue weighted by Gasteiger charge is -2.24. The van der Waals surface area contributed by atoms with Crippen LogP contribution in [-0.2, 0) is 5.72 Å². The second-order valence-electron chi connectivity index (χ2n) is 7.58. The molecule has 25 heavy (non-hydrogen) atoms. The minimum absolute atomic E-state index is 0.593. The predicted octanol–water partition coefficient (Wildman–Crippen LogP) is 3.87. The first-order valence-electron chi connectivity index (χ1n) is 9.27. The van der Waals surface area contributed by atoms with Crippen molar-refractivity contribution in [3.63, 3.8) is 0 Å². The maximum atomic E-state index is 11.7. The van der Waals surface area contributed by atoms with Crippen LogP contribution < -0.4 is 4.90 Å². The van der Waals surface area contributed by atoms with Gasteiger partial charge in [0.05, 0.1) is 6.54 Å². The highest BCUT2D eigenvalue weighted by Crippen LogP contribution is 2.37. The van der Waals surface area contributed by atoms with Gasteiger partial charge in [-0.3, -0.25) is 0 Å². The van der Waals surface area contributed by atoms with Gasteiger partial charge in [0.25, 0.3) is 11.6 Å². The van der Waals surface area contributed by atoms with Gasteiger partial charge in [-0.15, -0.1) is 0 Å². The van der Waals surface area contributed by atoms with Crippen molar-refractivity contribution in [3.8, 4) is 0 Å². The van der Waals surface area contributed by atoms with Crippen LogP contribution in [0.4, 0.5) is 5.69 Å². The molecule has 2 aromatic carbocycles. The number of anilines is 1. The van der Waals surface area contributed by atoms with Crippen molar-refractivity contribution in [2.45, 2.75) is 45.8 Å². The molecule has 0 aliphatic carbocycles. The molecule has 1 N–H and O–H groups in total. The topological polar surface area (TPSA) is 26.5 Å². The molecule has 1 atom stereocenters. The highest BCUT2D eigenvalue weighted by Gasteiger charge is 2.52. The van der Waals surface area contributed by atoms with Crippen LogP contribution in [0.2, 0.25) is 0 Å². The third kappa shape index (κ3) is 2.67. The van der Waals surface area contributed by atoms with E-state index in [1.165, 1.54) is 34.6 Å². The standard InChI is InChI=1S/C22H27N2O/c1-16-8-11-19(12-9-16)22(25)15-23(21-6-4-5-13-24(21)22)20-14-17(2)7-10-18(20)3/h7-12,14,25H,4-6,13,15H2,1-3H3/q+1. The maximum Gasteiger partial charge on any atom is 0.271 e. The van der Waals surface area contributed by atoms with Crippen molar-refractivity contribution >= 4 is 11.5 Å². The fraction of sp³-hybridized carbons (Fsp3) is 0.409. The van der Waals surface area contributed by atoms with Crippen molar-refractivity contribution in [1.29, 1.82) is 0 Å². The van der Waals surface area contributed by atoms with Gasteiger partial charge in [-0.2, -0.15) is 0 Å². The number of aliphatic hydroxyl groups is 1. The third-order valence-corrected chi connectivity index (χ3v) is 5.65. The lowest BCUT2D eigenvalue weighted by Crippen LogP contribution is -2.41. The van der Waals surface area contributed by atoms with E-state index in [9.17, 15) is 5.11 Å². The second-order valence-corrected chi connectivity index (χ2v) is 7.58. The molecule has 0 amide bonds. The van der Waals surface area contributed by atoms with Crippen molar-refractivity contribution in [1.82, 2.24) is 0 Å². The van der Waals surface area contributed by atoms with Crippen LogP contribution in [0.3, 0.4) is 0 Å². The molecule has 2 aliphatic heterocycles. The van der Waals surface area contributed by atoms with Gasteiger partial charge in [-0.25, -0.2) is 9.48 Å². The molecular weight excluding hydrogens is 308 g/mol. The molecule has 0 saturated carbocycles. The number of β-amino-alcohol motifs (C(OH)–C–C–N with tert-alkyl or cyclic N) is 1. The molecule has 2 heterocycles. The average molecular weight is 335 g/mol. The molecule has 0 aromatic heterocycles. The summed E-state index contributed by atoms with van der Waals surface area (Å²) in [4.78, 5) is 2.35. The van der Waals surface area contributed by atoms with E-state index in [-0.39, 0.29) is 0 Å². The third-order valence-electron chi connectivity index (χ3n) is 5.65. The molecule has 3 heteroatoms. The van der Waals surface area contributed by atoms with E-state index >= 15 is 0 Å². The van der Waals surface area contributed by atoms with Gasteiger partial charge < -0.3 is 5.11 Å². The van der Waals surface area contributed by atoms with Gasteiger partial charge >= 0.3 is 0 Å². The van der Waals surface area contributed by atoms with E-state index in [2.05, 4.69) is 72.7 Å². The smallest absolute Gasteiger partial charge is 0.271 e. The number of hydrogen-bond acceptors (Lipinski definition) is 2. The molecule has 2 aliphatic rings. The van der Waals surface area contributed by atoms with Gasteiger partial charge in [0.1, 0.15) is 5.69 Å². The van der Waals surface area contributed by atoms with E-state index in [1.54, 1.807) is 0 Å². The van der Waals surface area contributed by atoms with Crippen LogP contribution in [-0.4, -0.2) is 28.6 Å². The number of amidine groups is 1. The van der Waals surface area contributed by atoms with Gasteiger partial charge in [-0.05, 0) is 50.8 Å². The predicted molar refractivity (Wildman–Crippen MR) is 102 cm³/mol. The summed E-state index contributed by atoms with van der Waals surface area (Å²) in [7, 11) is 0. The van der Waals surface area contributed by atoms with E-state index in [4.69, 9.17) is 0 Å². The van der Waals surface area contributed by atoms with Crippen LogP contribution in [0.15, 0.2) is 42.5 Å². The van der Waals surface area contributed by atoms with Gasteiger partial charge in [0.15, 0.2) is 6.54 Å². The normalized spacial score (nSPS) is 23.1. The summed E-state index contributed by atoms with van der Waals surface area (Å²) in [5, 5.41) is 11.7. The molecular formula is C22H27N2O+. The van der Waals surface area contributed by atoms with Crippen LogP contribution in [0, 0.1) is 20.8 Å². The summed E-state index contributed by atoms with van der Waals surface area (Å²) in [6, 6.07) is 14.9. The zero-order chi connectivity index (χ0) is 17.6. The summed E-state index contributed by atoms with van der Waals surface area (Å²) in [5.41, 5.74) is 5.01. The summed E-state index contributed by atoms with van der Waals surface area (Å²) in [5.74, 6) is 1.27. The zero-order valence-electron chi connectivity index (χ0n) is 15.4. The van der Waals surface area contributed by atoms with Gasteiger partial charge in [0, 0.05) is 12.0 Å². The molecule has 2 aromatic rings. The summed E-state index contributed by atoms with van der Waals surface area (Å²) < 4.78 is 2.24. The molecule has 0 spiro atoms. The lowest BCUT2D eigenvalue weighted by molar-refractivity contribution is -0.661. The Bertz CT molecular complexity index is 838. The van der Waals surface area contributed by atoms with Crippen LogP contribution in [0.25, 0.3) is 0 Å². The largest absolute Gasteiger partial charge is 0.346 e. The molecule has 0 fully saturated rings. The van der Waals surface area contributed by atoms with Gasteiger partial charge in [-0.1, -0.05) is 42.0 Å². The Morgan fingerprint density at radius 1 is 0.960 bits per heavy atom. The quantitative estimate of drug-likeness (QED) is 0.843. The van der Waals surface area contributed by atoms with Gasteiger partial charge in [0.2, 0.25) is 0 Å². The molecule has 0 saturated heterocycles. The lowest BCUT2D eigenvalue weighted by atomic mass is 10.00. The maximum absolute atomic E-state index is 11.7. The van der Waals surface area contributed by atoms with E-state index in [1.807, 2.05) is 0 Å². The Balaban J connectivity index is 1.83. The van der Waals surface area contributed by atoms with E-state index in [0.717, 1.165) is 24.9 Å². The monoisotopic (exact) mass is 335 g/mol. The highest BCUT2D eigenvalue weighted by atomic mass is 16.3. The molecule has 130 valence electrons. The zero-order valence-corrected chi connectivity index (χ0v) is 15.4. The average Bonchev–Trinajstić information content (AvgIpc) is 2.92. The number of aryl methyl sites for hydroxylation is 3. The Morgan fingerprint density at radius 3 is 2.44 bits per heavy atom. The van der Waals surface area contributed by atoms with Crippen molar-refractivity contribution < 1.29 is 9.68 Å². The fourth-order valence-corrected chi connectivity index (χ4v) is 4.20. The van der Waals surface area contributed by atoms with Crippen molar-refractivity contribution in [3.05, 3.63) is 64.7 Å². The Kier molecular flexibility index (Phi) is 3.92. The number of rotatable bonds is 2. The minimum Gasteiger partial charge on any atom is -0.346 e. The van der Waals surface area contributed by atoms with E-state index < -0.39 is 5.72 Å². The van der Waals surface area contributed by atoms with Crippen LogP contribution in [0.5, 0.6) is 0 Å². The number of benzene rings is 2. The summed E-state index contributed by atoms with van der Waals surface area (Å²) in [6.45, 7) is 7.89. The summed E-state index contributed by atoms with van der Waals surface area (Å²) >= 11 is 0. The van der Waals surface area contributed by atoms with Crippen LogP contribution in [0.1, 0.15) is 41.5 Å². The first kappa shape index (κ1) is 16.3. The number of hydrogen-bond donors (Lipinski definition) is 1. The molecule has 4 rings (SSSR count). The minimum atomic E-state index is -0.945. The fourth-order valence-electron chi connectivity index (χ4n) is 4.20. The van der Waals surface area contributed by atoms with E-state index in [0.29, 0.717) is 6.54 Å². The molecule has 1 unspecified atom stereocenters.